The molecule has 2 N–H and O–H groups in total. The number of benzene rings is 1. The maximum Gasteiger partial charge on any atom is 0.190 e. The quantitative estimate of drug-likeness (QED) is 0.375. The van der Waals surface area contributed by atoms with Gasteiger partial charge in [0, 0.05) is 70.4 Å². The molecule has 1 aliphatic heterocycles. The van der Waals surface area contributed by atoms with Crippen molar-refractivity contribution in [2.24, 2.45) is 4.99 Å². The highest BCUT2D eigenvalue weighted by Gasteiger charge is 2.16. The van der Waals surface area contributed by atoms with Crippen LogP contribution in [-0.4, -0.2) is 73.6 Å². The number of nitrogens with zero attached hydrogens (tertiary/aromatic N) is 4. The van der Waals surface area contributed by atoms with Crippen LogP contribution in [0.5, 0.6) is 0 Å². The molecule has 0 amide bonds. The Balaban J connectivity index is 1.24. The van der Waals surface area contributed by atoms with Crippen LogP contribution >= 0.6 is 11.3 Å². The van der Waals surface area contributed by atoms with E-state index in [9.17, 15) is 0 Å². The lowest BCUT2D eigenvalue weighted by molar-refractivity contribution is 0.126. The minimum Gasteiger partial charge on any atom is -0.356 e. The fraction of sp³-hybridized carbons (Fsp3) is 0.545. The maximum absolute atomic E-state index is 4.40. The Morgan fingerprint density at radius 2 is 1.79 bits per heavy atom. The number of aliphatic imine (C=N–C) groups is 1. The Bertz CT molecular complexity index is 737. The lowest BCUT2D eigenvalue weighted by Crippen LogP contribution is -2.46. The molecule has 0 aliphatic carbocycles. The molecule has 29 heavy (non-hydrogen) atoms. The van der Waals surface area contributed by atoms with Crippen LogP contribution in [0.2, 0.25) is 0 Å². The van der Waals surface area contributed by atoms with E-state index in [2.05, 4.69) is 67.7 Å². The van der Waals surface area contributed by atoms with Gasteiger partial charge in [0.05, 0.1) is 5.01 Å². The van der Waals surface area contributed by atoms with Gasteiger partial charge in [-0.2, -0.15) is 0 Å². The molecule has 0 bridgehead atoms. The Morgan fingerprint density at radius 3 is 2.48 bits per heavy atom. The van der Waals surface area contributed by atoms with E-state index in [0.29, 0.717) is 0 Å². The predicted octanol–water partition coefficient (Wildman–Crippen LogP) is 2.37. The monoisotopic (exact) mass is 414 g/mol. The van der Waals surface area contributed by atoms with Crippen molar-refractivity contribution in [2.45, 2.75) is 26.3 Å². The molecular formula is C22H34N6S. The number of thiazole rings is 1. The summed E-state index contributed by atoms with van der Waals surface area (Å²) in [6, 6.07) is 10.8. The second-order valence-electron chi connectivity index (χ2n) is 7.50. The van der Waals surface area contributed by atoms with Crippen molar-refractivity contribution in [3.8, 4) is 0 Å². The van der Waals surface area contributed by atoms with Crippen molar-refractivity contribution in [1.29, 1.82) is 0 Å². The van der Waals surface area contributed by atoms with Crippen LogP contribution in [0, 0.1) is 6.92 Å². The molecule has 1 fully saturated rings. The van der Waals surface area contributed by atoms with Crippen LogP contribution in [-0.2, 0) is 13.0 Å². The lowest BCUT2D eigenvalue weighted by atomic mass is 10.2. The second-order valence-corrected chi connectivity index (χ2v) is 8.82. The topological polar surface area (TPSA) is 55.8 Å². The molecule has 158 valence electrons. The van der Waals surface area contributed by atoms with Crippen molar-refractivity contribution in [3.63, 3.8) is 0 Å². The summed E-state index contributed by atoms with van der Waals surface area (Å²) in [4.78, 5) is 15.1. The van der Waals surface area contributed by atoms with Crippen LogP contribution in [0.4, 0.5) is 0 Å². The van der Waals surface area contributed by atoms with Gasteiger partial charge in [-0.1, -0.05) is 30.3 Å². The Kier molecular flexibility index (Phi) is 8.92. The highest BCUT2D eigenvalue weighted by molar-refractivity contribution is 7.11. The van der Waals surface area contributed by atoms with E-state index in [-0.39, 0.29) is 0 Å². The molecule has 0 spiro atoms. The van der Waals surface area contributed by atoms with Gasteiger partial charge in [-0.05, 0) is 25.5 Å². The smallest absolute Gasteiger partial charge is 0.190 e. The standard InChI is InChI=1S/C22H34N6S/c1-19-17-26-21(29-19)9-11-25-22(23-2)24-10-6-12-27-13-15-28(16-14-27)18-20-7-4-3-5-8-20/h3-5,7-8,17H,6,9-16,18H2,1-2H3,(H2,23,24,25). The van der Waals surface area contributed by atoms with Gasteiger partial charge in [0.1, 0.15) is 0 Å². The van der Waals surface area contributed by atoms with Gasteiger partial charge < -0.3 is 15.5 Å². The Hall–Kier alpha value is -1.96. The largest absolute Gasteiger partial charge is 0.356 e. The average molecular weight is 415 g/mol. The summed E-state index contributed by atoms with van der Waals surface area (Å²) in [5.74, 6) is 0.881. The first-order chi connectivity index (χ1) is 14.2. The molecule has 1 saturated heterocycles. The van der Waals surface area contributed by atoms with Gasteiger partial charge in [0.2, 0.25) is 0 Å². The third-order valence-corrected chi connectivity index (χ3v) is 6.15. The molecule has 2 aromatic rings. The summed E-state index contributed by atoms with van der Waals surface area (Å²) in [5, 5.41) is 7.98. The van der Waals surface area contributed by atoms with Crippen molar-refractivity contribution in [1.82, 2.24) is 25.4 Å². The number of rotatable bonds is 9. The van der Waals surface area contributed by atoms with E-state index < -0.39 is 0 Å². The van der Waals surface area contributed by atoms with E-state index in [4.69, 9.17) is 0 Å². The van der Waals surface area contributed by atoms with E-state index in [0.717, 1.165) is 71.2 Å². The first-order valence-corrected chi connectivity index (χ1v) is 11.4. The summed E-state index contributed by atoms with van der Waals surface area (Å²) < 4.78 is 0. The second kappa shape index (κ2) is 11.9. The summed E-state index contributed by atoms with van der Waals surface area (Å²) in [5.41, 5.74) is 1.41. The van der Waals surface area contributed by atoms with Gasteiger partial charge in [-0.3, -0.25) is 9.89 Å². The molecule has 6 nitrogen and oxygen atoms in total. The number of aryl methyl sites for hydroxylation is 1. The van der Waals surface area contributed by atoms with E-state index >= 15 is 0 Å². The molecule has 0 atom stereocenters. The predicted molar refractivity (Wildman–Crippen MR) is 123 cm³/mol. The molecule has 0 saturated carbocycles. The normalized spacial score (nSPS) is 16.1. The lowest BCUT2D eigenvalue weighted by Gasteiger charge is -2.34. The van der Waals surface area contributed by atoms with E-state index in [1.807, 2.05) is 13.2 Å². The van der Waals surface area contributed by atoms with Crippen LogP contribution in [0.3, 0.4) is 0 Å². The first kappa shape index (κ1) is 21.7. The van der Waals surface area contributed by atoms with Crippen LogP contribution in [0.1, 0.15) is 21.9 Å². The van der Waals surface area contributed by atoms with Gasteiger partial charge in [0.15, 0.2) is 5.96 Å². The molecule has 7 heteroatoms. The fourth-order valence-electron chi connectivity index (χ4n) is 3.55. The van der Waals surface area contributed by atoms with Gasteiger partial charge in [-0.15, -0.1) is 11.3 Å². The van der Waals surface area contributed by atoms with Crippen molar-refractivity contribution < 1.29 is 0 Å². The number of aromatic nitrogens is 1. The fourth-order valence-corrected chi connectivity index (χ4v) is 4.33. The van der Waals surface area contributed by atoms with Crippen LogP contribution in [0.15, 0.2) is 41.5 Å². The number of hydrogen-bond donors (Lipinski definition) is 2. The Morgan fingerprint density at radius 1 is 1.07 bits per heavy atom. The minimum absolute atomic E-state index is 0.857. The van der Waals surface area contributed by atoms with Crippen molar-refractivity contribution in [3.05, 3.63) is 52.0 Å². The van der Waals surface area contributed by atoms with Crippen LogP contribution in [0.25, 0.3) is 0 Å². The SMILES string of the molecule is CN=C(NCCCN1CCN(Cc2ccccc2)CC1)NCCc1ncc(C)s1. The number of hydrogen-bond acceptors (Lipinski definition) is 5. The highest BCUT2D eigenvalue weighted by atomic mass is 32.1. The molecule has 3 rings (SSSR count). The van der Waals surface area contributed by atoms with Gasteiger partial charge >= 0.3 is 0 Å². The van der Waals surface area contributed by atoms with E-state index in [1.54, 1.807) is 11.3 Å². The maximum atomic E-state index is 4.40. The summed E-state index contributed by atoms with van der Waals surface area (Å²) in [6.45, 7) is 10.7. The first-order valence-electron chi connectivity index (χ1n) is 10.6. The van der Waals surface area contributed by atoms with Crippen molar-refractivity contribution >= 4 is 17.3 Å². The van der Waals surface area contributed by atoms with E-state index in [1.165, 1.54) is 15.4 Å². The zero-order chi connectivity index (χ0) is 20.3. The number of piperazine rings is 1. The zero-order valence-corrected chi connectivity index (χ0v) is 18.5. The summed E-state index contributed by atoms with van der Waals surface area (Å²) >= 11 is 1.76. The summed E-state index contributed by atoms with van der Waals surface area (Å²) in [7, 11) is 1.83. The van der Waals surface area contributed by atoms with Crippen LogP contribution < -0.4 is 10.6 Å². The molecule has 0 radical (unpaired) electrons. The van der Waals surface area contributed by atoms with Gasteiger partial charge in [-0.25, -0.2) is 4.98 Å². The Labute approximate surface area is 179 Å². The zero-order valence-electron chi connectivity index (χ0n) is 17.7. The molecular weight excluding hydrogens is 380 g/mol. The molecule has 1 aromatic carbocycles. The highest BCUT2D eigenvalue weighted by Crippen LogP contribution is 2.11. The molecule has 1 aliphatic rings. The molecule has 1 aromatic heterocycles. The minimum atomic E-state index is 0.857. The van der Waals surface area contributed by atoms with Gasteiger partial charge in [0.25, 0.3) is 0 Å². The number of guanidine groups is 1. The molecule has 0 unspecified atom stereocenters. The molecule has 2 heterocycles. The van der Waals surface area contributed by atoms with Crippen molar-refractivity contribution in [2.75, 3.05) is 52.9 Å². The third-order valence-electron chi connectivity index (χ3n) is 5.18. The summed E-state index contributed by atoms with van der Waals surface area (Å²) in [6.07, 6.45) is 4.01. The average Bonchev–Trinajstić information content (AvgIpc) is 3.16. The number of nitrogens with one attached hydrogen (secondary N) is 2. The third kappa shape index (κ3) is 7.76.